The van der Waals surface area contributed by atoms with Crippen LogP contribution in [-0.2, 0) is 9.53 Å². The van der Waals surface area contributed by atoms with Crippen LogP contribution in [0.2, 0.25) is 0 Å². The Bertz CT molecular complexity index is 339. The van der Waals surface area contributed by atoms with Gasteiger partial charge in [-0.2, -0.15) is 0 Å². The minimum absolute atomic E-state index is 0. The van der Waals surface area contributed by atoms with E-state index in [1.54, 1.807) is 0 Å². The number of oxime groups is 1. The van der Waals surface area contributed by atoms with Gasteiger partial charge in [0, 0.05) is 0 Å². The first-order valence-electron chi connectivity index (χ1n) is 5.66. The molecule has 1 unspecified atom stereocenters. The third kappa shape index (κ3) is 5.52. The van der Waals surface area contributed by atoms with Crippen LogP contribution >= 0.6 is 0 Å². The zero-order valence-electron chi connectivity index (χ0n) is 11.2. The van der Waals surface area contributed by atoms with Gasteiger partial charge in [0.25, 0.3) is 0 Å². The maximum Gasteiger partial charge on any atom is 1.00 e. The fourth-order valence-corrected chi connectivity index (χ4v) is 2.04. The van der Waals surface area contributed by atoms with Crippen LogP contribution in [0.4, 0.5) is 0 Å². The predicted molar refractivity (Wildman–Crippen MR) is 60.7 cm³/mol. The van der Waals surface area contributed by atoms with Gasteiger partial charge < -0.3 is 19.8 Å². The smallest absolute Gasteiger partial charge is 0.548 e. The quantitative estimate of drug-likeness (QED) is 0.262. The summed E-state index contributed by atoms with van der Waals surface area (Å²) in [7, 11) is 0. The number of hydrogen-bond donors (Lipinski definition) is 1. The molecule has 0 saturated carbocycles. The van der Waals surface area contributed by atoms with Crippen LogP contribution in [0.25, 0.3) is 0 Å². The zero-order valence-corrected chi connectivity index (χ0v) is 13.2. The molecule has 0 heterocycles. The molecule has 1 aliphatic carbocycles. The number of carbonyl (C=O) groups excluding carboxylic acids is 1. The SMILES string of the molecule is CC(C)(OCC(=O)[O-])C1CC=C(/C=N/O)CC1.[Na+]. The van der Waals surface area contributed by atoms with Crippen molar-refractivity contribution < 1.29 is 49.4 Å². The molecular weight excluding hydrogens is 245 g/mol. The van der Waals surface area contributed by atoms with Crippen molar-refractivity contribution in [3.05, 3.63) is 11.6 Å². The molecule has 6 heteroatoms. The first-order valence-corrected chi connectivity index (χ1v) is 5.66. The Morgan fingerprint density at radius 1 is 1.72 bits per heavy atom. The van der Waals surface area contributed by atoms with E-state index in [4.69, 9.17) is 9.94 Å². The summed E-state index contributed by atoms with van der Waals surface area (Å²) in [5, 5.41) is 21.8. The molecule has 0 radical (unpaired) electrons. The molecule has 1 atom stereocenters. The number of aliphatic carboxylic acids is 1. The molecule has 1 N–H and O–H groups in total. The van der Waals surface area contributed by atoms with Gasteiger partial charge in [-0.15, -0.1) is 0 Å². The van der Waals surface area contributed by atoms with Gasteiger partial charge in [0.2, 0.25) is 0 Å². The van der Waals surface area contributed by atoms with Crippen molar-refractivity contribution in [3.8, 4) is 0 Å². The summed E-state index contributed by atoms with van der Waals surface area (Å²) < 4.78 is 5.35. The molecule has 1 rings (SSSR count). The average molecular weight is 263 g/mol. The number of ether oxygens (including phenoxy) is 1. The summed E-state index contributed by atoms with van der Waals surface area (Å²) in [6.45, 7) is 3.40. The van der Waals surface area contributed by atoms with Crippen LogP contribution < -0.4 is 34.7 Å². The summed E-state index contributed by atoms with van der Waals surface area (Å²) in [6, 6.07) is 0. The molecule has 0 amide bonds. The zero-order chi connectivity index (χ0) is 12.9. The van der Waals surface area contributed by atoms with Crippen LogP contribution in [0.15, 0.2) is 16.8 Å². The van der Waals surface area contributed by atoms with E-state index in [0.717, 1.165) is 24.8 Å². The number of allylic oxidation sites excluding steroid dienone is 2. The fourth-order valence-electron chi connectivity index (χ4n) is 2.04. The van der Waals surface area contributed by atoms with Gasteiger partial charge in [-0.25, -0.2) is 0 Å². The first-order chi connectivity index (χ1) is 7.95. The van der Waals surface area contributed by atoms with Crippen molar-refractivity contribution in [2.24, 2.45) is 11.1 Å². The summed E-state index contributed by atoms with van der Waals surface area (Å²) in [6.07, 6.45) is 5.93. The Balaban J connectivity index is 0.00000289. The van der Waals surface area contributed by atoms with Gasteiger partial charge in [-0.3, -0.25) is 0 Å². The Labute approximate surface area is 129 Å². The van der Waals surface area contributed by atoms with Gasteiger partial charge in [-0.05, 0) is 44.6 Å². The predicted octanol–water partition coefficient (Wildman–Crippen LogP) is -2.28. The van der Waals surface area contributed by atoms with Crippen molar-refractivity contribution >= 4 is 12.2 Å². The molecule has 0 aromatic heterocycles. The summed E-state index contributed by atoms with van der Waals surface area (Å²) in [5.41, 5.74) is 0.512. The number of carboxylic acid groups (broad SMARTS) is 1. The van der Waals surface area contributed by atoms with Crippen molar-refractivity contribution in [1.82, 2.24) is 0 Å². The Morgan fingerprint density at radius 2 is 2.39 bits per heavy atom. The van der Waals surface area contributed by atoms with E-state index in [1.165, 1.54) is 6.21 Å². The molecule has 0 fully saturated rings. The topological polar surface area (TPSA) is 82.0 Å². The molecular formula is C12H18NNaO4. The van der Waals surface area contributed by atoms with E-state index in [2.05, 4.69) is 5.16 Å². The molecule has 1 aliphatic rings. The summed E-state index contributed by atoms with van der Waals surface area (Å²) >= 11 is 0. The van der Waals surface area contributed by atoms with Crippen LogP contribution in [-0.4, -0.2) is 29.6 Å². The molecule has 0 spiro atoms. The minimum atomic E-state index is -1.20. The van der Waals surface area contributed by atoms with E-state index in [-0.39, 0.29) is 42.1 Å². The molecule has 0 aromatic rings. The van der Waals surface area contributed by atoms with Crippen molar-refractivity contribution in [2.45, 2.75) is 38.7 Å². The molecule has 0 aromatic carbocycles. The van der Waals surface area contributed by atoms with Crippen LogP contribution in [0.1, 0.15) is 33.1 Å². The molecule has 96 valence electrons. The molecule has 5 nitrogen and oxygen atoms in total. The second-order valence-corrected chi connectivity index (χ2v) is 4.76. The van der Waals surface area contributed by atoms with Gasteiger partial charge in [0.05, 0.1) is 24.4 Å². The largest absolute Gasteiger partial charge is 1.00 e. The van der Waals surface area contributed by atoms with Crippen LogP contribution in [0.5, 0.6) is 0 Å². The fraction of sp³-hybridized carbons (Fsp3) is 0.667. The third-order valence-corrected chi connectivity index (χ3v) is 3.21. The Hall–Kier alpha value is -0.360. The van der Waals surface area contributed by atoms with Gasteiger partial charge in [0.1, 0.15) is 0 Å². The van der Waals surface area contributed by atoms with Gasteiger partial charge in [0.15, 0.2) is 0 Å². The van der Waals surface area contributed by atoms with Crippen molar-refractivity contribution in [1.29, 1.82) is 0 Å². The Kier molecular flexibility index (Phi) is 7.78. The van der Waals surface area contributed by atoms with E-state index in [9.17, 15) is 9.90 Å². The van der Waals surface area contributed by atoms with E-state index >= 15 is 0 Å². The monoisotopic (exact) mass is 263 g/mol. The van der Waals surface area contributed by atoms with Gasteiger partial charge in [-0.1, -0.05) is 11.2 Å². The molecule has 18 heavy (non-hydrogen) atoms. The molecule has 0 aliphatic heterocycles. The maximum atomic E-state index is 10.4. The van der Waals surface area contributed by atoms with Crippen LogP contribution in [0.3, 0.4) is 0 Å². The summed E-state index contributed by atoms with van der Waals surface area (Å²) in [4.78, 5) is 10.4. The number of hydrogen-bond acceptors (Lipinski definition) is 5. The normalized spacial score (nSPS) is 20.3. The second kappa shape index (κ2) is 7.94. The van der Waals surface area contributed by atoms with E-state index in [0.29, 0.717) is 0 Å². The van der Waals surface area contributed by atoms with Crippen LogP contribution in [0, 0.1) is 5.92 Å². The van der Waals surface area contributed by atoms with E-state index < -0.39 is 11.6 Å². The number of nitrogens with zero attached hydrogens (tertiary/aromatic N) is 1. The summed E-state index contributed by atoms with van der Waals surface area (Å²) in [5.74, 6) is -0.935. The first kappa shape index (κ1) is 17.6. The second-order valence-electron chi connectivity index (χ2n) is 4.76. The third-order valence-electron chi connectivity index (χ3n) is 3.21. The van der Waals surface area contributed by atoms with E-state index in [1.807, 2.05) is 19.9 Å². The Morgan fingerprint density at radius 3 is 2.83 bits per heavy atom. The maximum absolute atomic E-state index is 10.4. The van der Waals surface area contributed by atoms with Crippen molar-refractivity contribution in [3.63, 3.8) is 0 Å². The van der Waals surface area contributed by atoms with Crippen molar-refractivity contribution in [2.75, 3.05) is 6.61 Å². The molecule has 0 saturated heterocycles. The standard InChI is InChI=1S/C12H19NO4.Na/c1-12(2,17-8-11(14)15)10-5-3-9(4-6-10)7-13-16;/h3,7,10,16H,4-6,8H2,1-2H3,(H,14,15);/q;+1/p-1/b13-7+;. The molecule has 0 bridgehead atoms. The number of rotatable bonds is 5. The number of carboxylic acids is 1. The van der Waals surface area contributed by atoms with Gasteiger partial charge >= 0.3 is 29.6 Å². The average Bonchev–Trinajstić information content (AvgIpc) is 2.28. The minimum Gasteiger partial charge on any atom is -0.548 e. The number of carbonyl (C=O) groups is 1.